The van der Waals surface area contributed by atoms with Crippen LogP contribution in [0.2, 0.25) is 5.02 Å². The zero-order valence-electron chi connectivity index (χ0n) is 7.27. The summed E-state index contributed by atoms with van der Waals surface area (Å²) in [5.74, 6) is 0. The minimum Gasteiger partial charge on any atom is -0.379 e. The van der Waals surface area contributed by atoms with Gasteiger partial charge in [0.15, 0.2) is 6.10 Å². The van der Waals surface area contributed by atoms with Crippen LogP contribution in [0, 0.1) is 6.92 Å². The number of rotatable bonds is 1. The van der Waals surface area contributed by atoms with Gasteiger partial charge in [0, 0.05) is 5.02 Å². The van der Waals surface area contributed by atoms with E-state index >= 15 is 0 Å². The van der Waals surface area contributed by atoms with E-state index in [1.165, 1.54) is 12.1 Å². The molecule has 1 nitrogen and oxygen atoms in total. The Bertz CT molecular complexity index is 335. The molecule has 0 amide bonds. The lowest BCUT2D eigenvalue weighted by molar-refractivity contribution is -0.206. The quantitative estimate of drug-likeness (QED) is 0.777. The second kappa shape index (κ2) is 3.79. The molecule has 0 aromatic heterocycles. The third kappa shape index (κ3) is 2.39. The van der Waals surface area contributed by atoms with E-state index in [2.05, 4.69) is 0 Å². The summed E-state index contributed by atoms with van der Waals surface area (Å²) in [5, 5.41) is 9.10. The maximum atomic E-state index is 12.1. The summed E-state index contributed by atoms with van der Waals surface area (Å²) >= 11 is 5.63. The van der Waals surface area contributed by atoms with Crippen molar-refractivity contribution < 1.29 is 18.3 Å². The first-order chi connectivity index (χ1) is 6.32. The van der Waals surface area contributed by atoms with Crippen molar-refractivity contribution in [1.82, 2.24) is 0 Å². The van der Waals surface area contributed by atoms with Gasteiger partial charge in [0.1, 0.15) is 0 Å². The first kappa shape index (κ1) is 11.3. The highest BCUT2D eigenvalue weighted by molar-refractivity contribution is 6.31. The lowest BCUT2D eigenvalue weighted by Gasteiger charge is -2.15. The highest BCUT2D eigenvalue weighted by atomic mass is 35.5. The number of aliphatic hydroxyl groups is 1. The van der Waals surface area contributed by atoms with Crippen LogP contribution in [0.1, 0.15) is 17.2 Å². The van der Waals surface area contributed by atoms with Crippen molar-refractivity contribution in [3.8, 4) is 0 Å². The summed E-state index contributed by atoms with van der Waals surface area (Å²) in [4.78, 5) is 0. The van der Waals surface area contributed by atoms with E-state index < -0.39 is 12.3 Å². The summed E-state index contributed by atoms with van der Waals surface area (Å²) in [6, 6.07) is 3.76. The van der Waals surface area contributed by atoms with Crippen LogP contribution in [0.15, 0.2) is 18.2 Å². The van der Waals surface area contributed by atoms with Crippen molar-refractivity contribution in [2.45, 2.75) is 19.2 Å². The molecule has 0 bridgehead atoms. The molecule has 78 valence electrons. The smallest absolute Gasteiger partial charge is 0.379 e. The predicted molar refractivity (Wildman–Crippen MR) is 47.2 cm³/mol. The third-order valence-electron chi connectivity index (χ3n) is 1.82. The molecule has 0 unspecified atom stereocenters. The summed E-state index contributed by atoms with van der Waals surface area (Å²) in [5.41, 5.74) is 0.429. The highest BCUT2D eigenvalue weighted by Gasteiger charge is 2.39. The third-order valence-corrected chi connectivity index (χ3v) is 2.23. The van der Waals surface area contributed by atoms with Gasteiger partial charge < -0.3 is 5.11 Å². The summed E-state index contributed by atoms with van der Waals surface area (Å²) in [6.07, 6.45) is -7.13. The Kier molecular flexibility index (Phi) is 3.07. The topological polar surface area (TPSA) is 20.2 Å². The molecule has 0 aliphatic carbocycles. The first-order valence-electron chi connectivity index (χ1n) is 3.83. The Hall–Kier alpha value is -0.740. The molecule has 14 heavy (non-hydrogen) atoms. The minimum atomic E-state index is -4.65. The van der Waals surface area contributed by atoms with Crippen molar-refractivity contribution >= 4 is 11.6 Å². The maximum absolute atomic E-state index is 12.1. The van der Waals surface area contributed by atoms with E-state index in [9.17, 15) is 13.2 Å². The number of hydrogen-bond donors (Lipinski definition) is 1. The molecule has 5 heteroatoms. The van der Waals surface area contributed by atoms with Gasteiger partial charge in [0.2, 0.25) is 0 Å². The molecule has 1 aromatic rings. The lowest BCUT2D eigenvalue weighted by atomic mass is 10.1. The van der Waals surface area contributed by atoms with Crippen LogP contribution in [0.4, 0.5) is 13.2 Å². The van der Waals surface area contributed by atoms with Crippen LogP contribution < -0.4 is 0 Å². The van der Waals surface area contributed by atoms with Crippen molar-refractivity contribution in [1.29, 1.82) is 0 Å². The lowest BCUT2D eigenvalue weighted by Crippen LogP contribution is -2.20. The van der Waals surface area contributed by atoms with E-state index in [-0.39, 0.29) is 10.6 Å². The van der Waals surface area contributed by atoms with E-state index in [1.54, 1.807) is 6.92 Å². The van der Waals surface area contributed by atoms with Crippen molar-refractivity contribution in [2.75, 3.05) is 0 Å². The van der Waals surface area contributed by atoms with E-state index in [1.807, 2.05) is 0 Å². The van der Waals surface area contributed by atoms with Crippen LogP contribution in [-0.4, -0.2) is 11.3 Å². The van der Waals surface area contributed by atoms with Gasteiger partial charge in [-0.25, -0.2) is 0 Å². The highest BCUT2D eigenvalue weighted by Crippen LogP contribution is 2.33. The molecule has 1 aromatic carbocycles. The Morgan fingerprint density at radius 3 is 2.36 bits per heavy atom. The Morgan fingerprint density at radius 1 is 1.36 bits per heavy atom. The second-order valence-corrected chi connectivity index (χ2v) is 3.36. The molecule has 0 aliphatic rings. The van der Waals surface area contributed by atoms with Crippen molar-refractivity contribution in [3.05, 3.63) is 34.3 Å². The molecule has 0 saturated carbocycles. The van der Waals surface area contributed by atoms with Crippen molar-refractivity contribution in [3.63, 3.8) is 0 Å². The van der Waals surface area contributed by atoms with E-state index in [0.717, 1.165) is 6.07 Å². The fourth-order valence-corrected chi connectivity index (χ4v) is 1.16. The molecule has 0 saturated heterocycles. The van der Waals surface area contributed by atoms with E-state index in [4.69, 9.17) is 16.7 Å². The zero-order chi connectivity index (χ0) is 10.9. The molecular formula is C9H8ClF3O. The largest absolute Gasteiger partial charge is 0.418 e. The number of aliphatic hydroxyl groups excluding tert-OH is 1. The molecule has 0 aliphatic heterocycles. The zero-order valence-corrected chi connectivity index (χ0v) is 8.02. The average Bonchev–Trinajstić information content (AvgIpc) is 2.07. The number of benzene rings is 1. The number of aryl methyl sites for hydroxylation is 1. The van der Waals surface area contributed by atoms with Crippen LogP contribution >= 0.6 is 11.6 Å². The van der Waals surface area contributed by atoms with Gasteiger partial charge in [0.05, 0.1) is 0 Å². The molecular weight excluding hydrogens is 217 g/mol. The van der Waals surface area contributed by atoms with Gasteiger partial charge in [-0.3, -0.25) is 0 Å². The van der Waals surface area contributed by atoms with Crippen LogP contribution in [0.5, 0.6) is 0 Å². The Labute approximate surface area is 84.1 Å². The van der Waals surface area contributed by atoms with Gasteiger partial charge in [-0.05, 0) is 24.1 Å². The Balaban J connectivity index is 3.03. The average molecular weight is 225 g/mol. The first-order valence-corrected chi connectivity index (χ1v) is 4.21. The summed E-state index contributed by atoms with van der Waals surface area (Å²) in [7, 11) is 0. The molecule has 1 atom stereocenters. The number of alkyl halides is 3. The molecule has 0 spiro atoms. The SMILES string of the molecule is Cc1ccc([C@@H](O)C(F)(F)F)cc1Cl. The fraction of sp³-hybridized carbons (Fsp3) is 0.333. The van der Waals surface area contributed by atoms with Gasteiger partial charge >= 0.3 is 6.18 Å². The predicted octanol–water partition coefficient (Wildman–Crippen LogP) is 3.24. The van der Waals surface area contributed by atoms with Crippen molar-refractivity contribution in [2.24, 2.45) is 0 Å². The summed E-state index contributed by atoms with van der Waals surface area (Å²) in [6.45, 7) is 1.67. The molecule has 0 heterocycles. The molecule has 0 radical (unpaired) electrons. The van der Waals surface area contributed by atoms with E-state index in [0.29, 0.717) is 5.56 Å². The number of halogens is 4. The normalized spacial score (nSPS) is 14.1. The minimum absolute atomic E-state index is 0.214. The van der Waals surface area contributed by atoms with Crippen LogP contribution in [0.25, 0.3) is 0 Å². The standard InChI is InChI=1S/C9H8ClF3O/c1-5-2-3-6(4-7(5)10)8(14)9(11,12)13/h2-4,8,14H,1H3/t8-/m1/s1. The van der Waals surface area contributed by atoms with Crippen LogP contribution in [0.3, 0.4) is 0 Å². The molecule has 1 rings (SSSR count). The van der Waals surface area contributed by atoms with Crippen LogP contribution in [-0.2, 0) is 0 Å². The molecule has 0 fully saturated rings. The maximum Gasteiger partial charge on any atom is 0.418 e. The second-order valence-electron chi connectivity index (χ2n) is 2.95. The van der Waals surface area contributed by atoms with Gasteiger partial charge in [-0.15, -0.1) is 0 Å². The van der Waals surface area contributed by atoms with Gasteiger partial charge in [-0.1, -0.05) is 23.7 Å². The molecule has 1 N–H and O–H groups in total. The van der Waals surface area contributed by atoms with Gasteiger partial charge in [0.25, 0.3) is 0 Å². The number of hydrogen-bond acceptors (Lipinski definition) is 1. The monoisotopic (exact) mass is 224 g/mol. The fourth-order valence-electron chi connectivity index (χ4n) is 0.968. The Morgan fingerprint density at radius 2 is 1.93 bits per heavy atom. The van der Waals surface area contributed by atoms with Gasteiger partial charge in [-0.2, -0.15) is 13.2 Å². The summed E-state index contributed by atoms with van der Waals surface area (Å²) < 4.78 is 36.2.